The van der Waals surface area contributed by atoms with E-state index >= 15 is 0 Å². The molecule has 0 saturated heterocycles. The Balaban J connectivity index is 1.80. The second-order valence-electron chi connectivity index (χ2n) is 4.61. The SMILES string of the molecule is C=CCSC1=NC(=Cc2ccc(-c3ccc(Cl)cc3)o2)C(=O)S1. The number of hydrogen-bond donors (Lipinski definition) is 0. The molecule has 0 unspecified atom stereocenters. The van der Waals surface area contributed by atoms with Crippen LogP contribution in [0.15, 0.2) is 64.2 Å². The fourth-order valence-electron chi connectivity index (χ4n) is 1.92. The zero-order valence-corrected chi connectivity index (χ0v) is 14.4. The molecule has 3 nitrogen and oxygen atoms in total. The Kier molecular flexibility index (Phi) is 5.10. The number of halogens is 1. The lowest BCUT2D eigenvalue weighted by molar-refractivity contribution is -0.107. The van der Waals surface area contributed by atoms with Gasteiger partial charge in [-0.2, -0.15) is 0 Å². The Morgan fingerprint density at radius 1 is 1.26 bits per heavy atom. The summed E-state index contributed by atoms with van der Waals surface area (Å²) in [6.07, 6.45) is 3.45. The Morgan fingerprint density at radius 3 is 2.78 bits per heavy atom. The molecule has 116 valence electrons. The fraction of sp³-hybridized carbons (Fsp3) is 0.0588. The van der Waals surface area contributed by atoms with Crippen molar-refractivity contribution in [2.24, 2.45) is 4.99 Å². The number of benzene rings is 1. The summed E-state index contributed by atoms with van der Waals surface area (Å²) in [5.74, 6) is 2.04. The molecule has 0 radical (unpaired) electrons. The molecule has 0 N–H and O–H groups in total. The monoisotopic (exact) mass is 361 g/mol. The minimum atomic E-state index is -0.0685. The van der Waals surface area contributed by atoms with Crippen LogP contribution in [0.4, 0.5) is 0 Å². The highest BCUT2D eigenvalue weighted by molar-refractivity contribution is 8.45. The fourth-order valence-corrected chi connectivity index (χ4v) is 3.64. The molecule has 0 saturated carbocycles. The number of rotatable bonds is 4. The number of carbonyl (C=O) groups is 1. The van der Waals surface area contributed by atoms with E-state index in [1.807, 2.05) is 36.4 Å². The average molecular weight is 362 g/mol. The van der Waals surface area contributed by atoms with E-state index in [4.69, 9.17) is 16.0 Å². The van der Waals surface area contributed by atoms with Crippen LogP contribution in [-0.2, 0) is 4.79 Å². The molecule has 2 heterocycles. The lowest BCUT2D eigenvalue weighted by atomic mass is 10.2. The van der Waals surface area contributed by atoms with Crippen molar-refractivity contribution in [2.75, 3.05) is 5.75 Å². The maximum atomic E-state index is 12.0. The number of hydrogen-bond acceptors (Lipinski definition) is 5. The van der Waals surface area contributed by atoms with Crippen molar-refractivity contribution in [3.8, 4) is 11.3 Å². The van der Waals surface area contributed by atoms with Crippen molar-refractivity contribution in [1.29, 1.82) is 0 Å². The van der Waals surface area contributed by atoms with Crippen LogP contribution in [0.5, 0.6) is 0 Å². The van der Waals surface area contributed by atoms with Gasteiger partial charge in [-0.1, -0.05) is 29.4 Å². The quantitative estimate of drug-likeness (QED) is 0.533. The van der Waals surface area contributed by atoms with E-state index < -0.39 is 0 Å². The van der Waals surface area contributed by atoms with E-state index in [2.05, 4.69) is 11.6 Å². The van der Waals surface area contributed by atoms with Crippen molar-refractivity contribution in [3.63, 3.8) is 0 Å². The van der Waals surface area contributed by atoms with Gasteiger partial charge < -0.3 is 4.42 Å². The average Bonchev–Trinajstić information content (AvgIpc) is 3.14. The normalized spacial score (nSPS) is 16.0. The molecule has 2 aromatic rings. The van der Waals surface area contributed by atoms with Crippen LogP contribution in [0, 0.1) is 0 Å². The zero-order chi connectivity index (χ0) is 16.2. The third kappa shape index (κ3) is 3.99. The van der Waals surface area contributed by atoms with Crippen molar-refractivity contribution < 1.29 is 9.21 Å². The Hall–Kier alpha value is -1.69. The van der Waals surface area contributed by atoms with Gasteiger partial charge in [0.2, 0.25) is 5.12 Å². The van der Waals surface area contributed by atoms with E-state index in [1.165, 1.54) is 11.8 Å². The Morgan fingerprint density at radius 2 is 2.04 bits per heavy atom. The molecule has 1 aromatic carbocycles. The largest absolute Gasteiger partial charge is 0.457 e. The Bertz CT molecular complexity index is 806. The lowest BCUT2D eigenvalue weighted by Gasteiger charge is -1.96. The van der Waals surface area contributed by atoms with Gasteiger partial charge in [-0.25, -0.2) is 4.99 Å². The first-order chi connectivity index (χ1) is 11.2. The van der Waals surface area contributed by atoms with Gasteiger partial charge in [-0.15, -0.1) is 6.58 Å². The predicted molar refractivity (Wildman–Crippen MR) is 99.8 cm³/mol. The number of aliphatic imine (C=N–C) groups is 1. The van der Waals surface area contributed by atoms with Gasteiger partial charge in [0.25, 0.3) is 0 Å². The predicted octanol–water partition coefficient (Wildman–Crippen LogP) is 5.49. The molecule has 0 atom stereocenters. The molecule has 6 heteroatoms. The summed E-state index contributed by atoms with van der Waals surface area (Å²) in [4.78, 5) is 16.3. The zero-order valence-electron chi connectivity index (χ0n) is 12.0. The van der Waals surface area contributed by atoms with Crippen molar-refractivity contribution in [1.82, 2.24) is 0 Å². The summed E-state index contributed by atoms with van der Waals surface area (Å²) >= 11 is 8.52. The molecule has 0 fully saturated rings. The van der Waals surface area contributed by atoms with Crippen LogP contribution in [0.25, 0.3) is 17.4 Å². The topological polar surface area (TPSA) is 42.6 Å². The number of nitrogens with zero attached hydrogens (tertiary/aromatic N) is 1. The number of carbonyl (C=O) groups excluding carboxylic acids is 1. The molecular weight excluding hydrogens is 350 g/mol. The van der Waals surface area contributed by atoms with Gasteiger partial charge in [-0.05, 0) is 48.2 Å². The smallest absolute Gasteiger partial charge is 0.244 e. The highest BCUT2D eigenvalue weighted by atomic mass is 35.5. The molecule has 0 aliphatic carbocycles. The maximum absolute atomic E-state index is 12.0. The molecule has 1 aliphatic heterocycles. The second-order valence-corrected chi connectivity index (χ2v) is 7.27. The van der Waals surface area contributed by atoms with Crippen LogP contribution in [0.3, 0.4) is 0 Å². The molecule has 1 aromatic heterocycles. The van der Waals surface area contributed by atoms with Crippen LogP contribution in [-0.4, -0.2) is 15.2 Å². The molecule has 23 heavy (non-hydrogen) atoms. The van der Waals surface area contributed by atoms with E-state index in [9.17, 15) is 4.79 Å². The minimum Gasteiger partial charge on any atom is -0.457 e. The van der Waals surface area contributed by atoms with Gasteiger partial charge in [0.1, 0.15) is 21.6 Å². The molecular formula is C17H12ClNO2S2. The van der Waals surface area contributed by atoms with Gasteiger partial charge >= 0.3 is 0 Å². The molecule has 0 bridgehead atoms. The van der Waals surface area contributed by atoms with Gasteiger partial charge in [0.05, 0.1) is 0 Å². The van der Waals surface area contributed by atoms with Gasteiger partial charge in [0, 0.05) is 22.4 Å². The van der Waals surface area contributed by atoms with Crippen LogP contribution in [0.1, 0.15) is 5.76 Å². The molecule has 0 amide bonds. The lowest BCUT2D eigenvalue weighted by Crippen LogP contribution is -1.87. The van der Waals surface area contributed by atoms with Crippen LogP contribution in [0.2, 0.25) is 5.02 Å². The molecule has 3 rings (SSSR count). The van der Waals surface area contributed by atoms with Crippen LogP contribution >= 0.6 is 35.1 Å². The van der Waals surface area contributed by atoms with Gasteiger partial charge in [0.15, 0.2) is 0 Å². The molecule has 0 spiro atoms. The van der Waals surface area contributed by atoms with Gasteiger partial charge in [-0.3, -0.25) is 4.79 Å². The second kappa shape index (κ2) is 7.25. The third-order valence-electron chi connectivity index (χ3n) is 2.96. The minimum absolute atomic E-state index is 0.0685. The summed E-state index contributed by atoms with van der Waals surface area (Å²) in [6, 6.07) is 11.1. The molecule has 1 aliphatic rings. The highest BCUT2D eigenvalue weighted by Crippen LogP contribution is 2.32. The van der Waals surface area contributed by atoms with Crippen molar-refractivity contribution in [2.45, 2.75) is 0 Å². The highest BCUT2D eigenvalue weighted by Gasteiger charge is 2.22. The number of thioether (sulfide) groups is 2. The maximum Gasteiger partial charge on any atom is 0.244 e. The van der Waals surface area contributed by atoms with Crippen LogP contribution < -0.4 is 0 Å². The first-order valence-corrected chi connectivity index (χ1v) is 8.96. The van der Waals surface area contributed by atoms with Crippen molar-refractivity contribution >= 4 is 50.7 Å². The summed E-state index contributed by atoms with van der Waals surface area (Å²) in [6.45, 7) is 3.66. The summed E-state index contributed by atoms with van der Waals surface area (Å²) < 4.78 is 6.50. The standard InChI is InChI=1S/C17H12ClNO2S2/c1-2-9-22-17-19-14(16(20)23-17)10-13-7-8-15(21-13)11-3-5-12(18)6-4-11/h2-8,10H,1,9H2. The Labute approximate surface area is 147 Å². The summed E-state index contributed by atoms with van der Waals surface area (Å²) in [5.41, 5.74) is 1.33. The van der Waals surface area contributed by atoms with E-state index in [0.29, 0.717) is 16.5 Å². The third-order valence-corrected chi connectivity index (χ3v) is 5.22. The van der Waals surface area contributed by atoms with E-state index in [0.717, 1.165) is 33.2 Å². The number of furan rings is 1. The van der Waals surface area contributed by atoms with E-state index in [-0.39, 0.29) is 5.12 Å². The summed E-state index contributed by atoms with van der Waals surface area (Å²) in [7, 11) is 0. The van der Waals surface area contributed by atoms with Crippen molar-refractivity contribution in [3.05, 3.63) is 65.5 Å². The first kappa shape index (κ1) is 16.2. The summed E-state index contributed by atoms with van der Waals surface area (Å²) in [5, 5.41) is 0.608. The van der Waals surface area contributed by atoms with E-state index in [1.54, 1.807) is 12.2 Å². The first-order valence-electron chi connectivity index (χ1n) is 6.78.